The van der Waals surface area contributed by atoms with Gasteiger partial charge < -0.3 is 9.26 Å². The number of anilines is 1. The molecular weight excluding hydrogens is 282 g/mol. The lowest BCUT2D eigenvalue weighted by molar-refractivity contribution is -0.142. The van der Waals surface area contributed by atoms with E-state index in [2.05, 4.69) is 15.5 Å². The molecule has 0 bridgehead atoms. The van der Waals surface area contributed by atoms with Crippen LogP contribution in [0, 0.1) is 6.92 Å². The van der Waals surface area contributed by atoms with E-state index in [4.69, 9.17) is 9.26 Å². The number of ether oxygens (including phenoxy) is 1. The second-order valence-electron chi connectivity index (χ2n) is 3.92. The van der Waals surface area contributed by atoms with E-state index in [0.717, 1.165) is 0 Å². The molecule has 0 aliphatic rings. The number of rotatable bonds is 5. The Morgan fingerprint density at radius 1 is 1.50 bits per heavy atom. The SMILES string of the molecule is CCOC(=O)Cc1csc(NC(=O)c2oncc2C)n1. The third kappa shape index (κ3) is 3.41. The minimum Gasteiger partial charge on any atom is -0.466 e. The number of amides is 1. The number of carbonyl (C=O) groups excluding carboxylic acids is 2. The zero-order chi connectivity index (χ0) is 14.5. The summed E-state index contributed by atoms with van der Waals surface area (Å²) in [6.07, 6.45) is 1.55. The third-order valence-corrected chi connectivity index (χ3v) is 3.16. The summed E-state index contributed by atoms with van der Waals surface area (Å²) in [5.41, 5.74) is 1.20. The van der Waals surface area contributed by atoms with Crippen LogP contribution < -0.4 is 5.32 Å². The van der Waals surface area contributed by atoms with Gasteiger partial charge in [0.25, 0.3) is 5.91 Å². The fourth-order valence-electron chi connectivity index (χ4n) is 1.47. The Kier molecular flexibility index (Phi) is 4.46. The Morgan fingerprint density at radius 2 is 2.30 bits per heavy atom. The van der Waals surface area contributed by atoms with E-state index in [1.807, 2.05) is 0 Å². The van der Waals surface area contributed by atoms with Crippen LogP contribution in [-0.4, -0.2) is 28.6 Å². The Morgan fingerprint density at radius 3 is 2.95 bits per heavy atom. The highest BCUT2D eigenvalue weighted by atomic mass is 32.1. The first kappa shape index (κ1) is 14.2. The summed E-state index contributed by atoms with van der Waals surface area (Å²) in [6, 6.07) is 0. The van der Waals surface area contributed by atoms with Crippen LogP contribution in [0.2, 0.25) is 0 Å². The van der Waals surface area contributed by atoms with Crippen molar-refractivity contribution < 1.29 is 18.8 Å². The van der Waals surface area contributed by atoms with Crippen LogP contribution in [0.4, 0.5) is 5.13 Å². The van der Waals surface area contributed by atoms with Gasteiger partial charge >= 0.3 is 5.97 Å². The molecule has 20 heavy (non-hydrogen) atoms. The maximum Gasteiger partial charge on any atom is 0.311 e. The number of aryl methyl sites for hydroxylation is 1. The van der Waals surface area contributed by atoms with Crippen LogP contribution in [0.25, 0.3) is 0 Å². The Labute approximate surface area is 118 Å². The van der Waals surface area contributed by atoms with Gasteiger partial charge in [0.15, 0.2) is 5.13 Å². The zero-order valence-corrected chi connectivity index (χ0v) is 11.8. The number of esters is 1. The molecule has 7 nitrogen and oxygen atoms in total. The lowest BCUT2D eigenvalue weighted by Gasteiger charge is -1.99. The van der Waals surface area contributed by atoms with Crippen molar-refractivity contribution in [1.29, 1.82) is 0 Å². The Bertz CT molecular complexity index is 620. The predicted octanol–water partition coefficient (Wildman–Crippen LogP) is 1.80. The largest absolute Gasteiger partial charge is 0.466 e. The fraction of sp³-hybridized carbons (Fsp3) is 0.333. The highest BCUT2D eigenvalue weighted by Gasteiger charge is 2.16. The lowest BCUT2D eigenvalue weighted by atomic mass is 10.3. The van der Waals surface area contributed by atoms with Gasteiger partial charge in [-0.3, -0.25) is 14.9 Å². The van der Waals surface area contributed by atoms with Gasteiger partial charge in [-0.05, 0) is 13.8 Å². The van der Waals surface area contributed by atoms with Crippen LogP contribution in [0.1, 0.15) is 28.7 Å². The first-order chi connectivity index (χ1) is 9.60. The van der Waals surface area contributed by atoms with Crippen LogP contribution >= 0.6 is 11.3 Å². The molecule has 1 amide bonds. The summed E-state index contributed by atoms with van der Waals surface area (Å²) in [7, 11) is 0. The van der Waals surface area contributed by atoms with Gasteiger partial charge in [0.05, 0.1) is 24.9 Å². The summed E-state index contributed by atoms with van der Waals surface area (Å²) in [4.78, 5) is 27.3. The molecule has 8 heteroatoms. The zero-order valence-electron chi connectivity index (χ0n) is 11.0. The van der Waals surface area contributed by atoms with Gasteiger partial charge in [-0.1, -0.05) is 5.16 Å². The molecule has 0 radical (unpaired) electrons. The van der Waals surface area contributed by atoms with E-state index in [9.17, 15) is 9.59 Å². The number of nitrogens with one attached hydrogen (secondary N) is 1. The Balaban J connectivity index is 1.98. The van der Waals surface area contributed by atoms with Gasteiger partial charge in [-0.2, -0.15) is 0 Å². The molecule has 0 saturated heterocycles. The third-order valence-electron chi connectivity index (χ3n) is 2.36. The van der Waals surface area contributed by atoms with Crippen LogP contribution in [0.3, 0.4) is 0 Å². The van der Waals surface area contributed by atoms with Crippen LogP contribution in [0.15, 0.2) is 16.1 Å². The smallest absolute Gasteiger partial charge is 0.311 e. The topological polar surface area (TPSA) is 94.3 Å². The normalized spacial score (nSPS) is 10.3. The fourth-order valence-corrected chi connectivity index (χ4v) is 2.17. The summed E-state index contributed by atoms with van der Waals surface area (Å²) >= 11 is 1.23. The van der Waals surface area contributed by atoms with E-state index in [1.54, 1.807) is 19.2 Å². The van der Waals surface area contributed by atoms with E-state index in [1.165, 1.54) is 17.5 Å². The molecule has 0 aliphatic heterocycles. The number of aromatic nitrogens is 2. The quantitative estimate of drug-likeness (QED) is 0.845. The van der Waals surface area contributed by atoms with Crippen molar-refractivity contribution in [2.45, 2.75) is 20.3 Å². The number of hydrogen-bond acceptors (Lipinski definition) is 7. The molecule has 106 valence electrons. The number of thiazole rings is 1. The van der Waals surface area contributed by atoms with E-state index in [0.29, 0.717) is 23.0 Å². The summed E-state index contributed by atoms with van der Waals surface area (Å²) < 4.78 is 9.67. The molecule has 2 aromatic heterocycles. The molecule has 0 aliphatic carbocycles. The maximum atomic E-state index is 11.9. The van der Waals surface area contributed by atoms with Gasteiger partial charge in [-0.25, -0.2) is 4.98 Å². The van der Waals surface area contributed by atoms with Crippen molar-refractivity contribution >= 4 is 28.3 Å². The van der Waals surface area contributed by atoms with E-state index < -0.39 is 5.91 Å². The van der Waals surface area contributed by atoms with Gasteiger partial charge in [0.1, 0.15) is 0 Å². The molecule has 2 rings (SSSR count). The molecule has 2 aromatic rings. The van der Waals surface area contributed by atoms with Gasteiger partial charge in [0, 0.05) is 10.9 Å². The standard InChI is InChI=1S/C12H13N3O4S/c1-3-18-9(16)4-8-6-20-12(14-8)15-11(17)10-7(2)5-13-19-10/h5-6H,3-4H2,1-2H3,(H,14,15,17). The number of carbonyl (C=O) groups is 2. The first-order valence-electron chi connectivity index (χ1n) is 5.92. The second kappa shape index (κ2) is 6.29. The van der Waals surface area contributed by atoms with Crippen molar-refractivity contribution in [3.8, 4) is 0 Å². The minimum atomic E-state index is -0.419. The lowest BCUT2D eigenvalue weighted by Crippen LogP contribution is -2.12. The number of nitrogens with zero attached hydrogens (tertiary/aromatic N) is 2. The van der Waals surface area contributed by atoms with Crippen molar-refractivity contribution in [2.24, 2.45) is 0 Å². The molecule has 1 N–H and O–H groups in total. The summed E-state index contributed by atoms with van der Waals surface area (Å²) in [5, 5.41) is 8.22. The van der Waals surface area contributed by atoms with E-state index in [-0.39, 0.29) is 18.2 Å². The first-order valence-corrected chi connectivity index (χ1v) is 6.80. The molecule has 0 saturated carbocycles. The highest BCUT2D eigenvalue weighted by molar-refractivity contribution is 7.14. The van der Waals surface area contributed by atoms with Crippen molar-refractivity contribution in [3.05, 3.63) is 28.6 Å². The van der Waals surface area contributed by atoms with Crippen LogP contribution in [-0.2, 0) is 16.0 Å². The monoisotopic (exact) mass is 295 g/mol. The average Bonchev–Trinajstić information content (AvgIpc) is 2.99. The van der Waals surface area contributed by atoms with Crippen molar-refractivity contribution in [3.63, 3.8) is 0 Å². The van der Waals surface area contributed by atoms with Crippen LogP contribution in [0.5, 0.6) is 0 Å². The summed E-state index contributed by atoms with van der Waals surface area (Å²) in [5.74, 6) is -0.620. The van der Waals surface area contributed by atoms with Crippen molar-refractivity contribution in [2.75, 3.05) is 11.9 Å². The Hall–Kier alpha value is -2.22. The van der Waals surface area contributed by atoms with E-state index >= 15 is 0 Å². The maximum absolute atomic E-state index is 11.9. The molecule has 0 fully saturated rings. The average molecular weight is 295 g/mol. The highest BCUT2D eigenvalue weighted by Crippen LogP contribution is 2.18. The molecular formula is C12H13N3O4S. The predicted molar refractivity (Wildman–Crippen MR) is 71.6 cm³/mol. The second-order valence-corrected chi connectivity index (χ2v) is 4.78. The number of hydrogen-bond donors (Lipinski definition) is 1. The minimum absolute atomic E-state index is 0.0849. The molecule has 0 atom stereocenters. The van der Waals surface area contributed by atoms with Crippen molar-refractivity contribution in [1.82, 2.24) is 10.1 Å². The molecule has 0 unspecified atom stereocenters. The molecule has 2 heterocycles. The summed E-state index contributed by atoms with van der Waals surface area (Å²) in [6.45, 7) is 3.79. The van der Waals surface area contributed by atoms with Gasteiger partial charge in [0.2, 0.25) is 5.76 Å². The molecule has 0 aromatic carbocycles. The van der Waals surface area contributed by atoms with Gasteiger partial charge in [-0.15, -0.1) is 11.3 Å². The molecule has 0 spiro atoms.